The summed E-state index contributed by atoms with van der Waals surface area (Å²) in [5.74, 6) is 1.59. The summed E-state index contributed by atoms with van der Waals surface area (Å²) in [4.78, 5) is 4.58. The number of oxazole rings is 1. The molecule has 3 nitrogen and oxygen atoms in total. The van der Waals surface area contributed by atoms with Crippen molar-refractivity contribution >= 4 is 11.1 Å². The van der Waals surface area contributed by atoms with Gasteiger partial charge in [-0.1, -0.05) is 32.9 Å². The molecule has 1 unspecified atom stereocenters. The first-order chi connectivity index (χ1) is 9.69. The van der Waals surface area contributed by atoms with E-state index in [2.05, 4.69) is 31.1 Å². The smallest absolute Gasteiger partial charge is 0.197 e. The van der Waals surface area contributed by atoms with Gasteiger partial charge in [0.15, 0.2) is 11.5 Å². The minimum atomic E-state index is 0.463. The highest BCUT2D eigenvalue weighted by molar-refractivity contribution is 5.72. The first kappa shape index (κ1) is 15.0. The van der Waals surface area contributed by atoms with Crippen LogP contribution >= 0.6 is 0 Å². The Hall–Kier alpha value is -1.35. The van der Waals surface area contributed by atoms with E-state index in [1.54, 1.807) is 0 Å². The van der Waals surface area contributed by atoms with E-state index in [-0.39, 0.29) is 0 Å². The molecule has 1 heterocycles. The number of hydrogen-bond acceptors (Lipinski definition) is 3. The summed E-state index contributed by atoms with van der Waals surface area (Å²) in [6, 6.07) is 8.44. The highest BCUT2D eigenvalue weighted by atomic mass is 16.3. The minimum absolute atomic E-state index is 0.463. The molecule has 0 saturated carbocycles. The van der Waals surface area contributed by atoms with Crippen molar-refractivity contribution in [1.29, 1.82) is 0 Å². The van der Waals surface area contributed by atoms with Gasteiger partial charge in [-0.15, -0.1) is 0 Å². The Morgan fingerprint density at radius 3 is 2.70 bits per heavy atom. The predicted molar refractivity (Wildman–Crippen MR) is 83.9 cm³/mol. The zero-order valence-electron chi connectivity index (χ0n) is 12.9. The van der Waals surface area contributed by atoms with Gasteiger partial charge in [0.2, 0.25) is 0 Å². The number of hydrogen-bond donors (Lipinski definition) is 1. The Bertz CT molecular complexity index is 485. The molecule has 0 amide bonds. The standard InChI is InChI=1S/C17H26N2O/c1-4-11-18-14(10-9-13(2)3)12-17-19-15-7-5-6-8-16(15)20-17/h5-8,13-14,18H,4,9-12H2,1-3H3. The number of para-hydroxylation sites is 2. The third-order valence-electron chi connectivity index (χ3n) is 3.53. The van der Waals surface area contributed by atoms with E-state index >= 15 is 0 Å². The first-order valence-electron chi connectivity index (χ1n) is 7.77. The molecule has 1 atom stereocenters. The third kappa shape index (κ3) is 4.34. The van der Waals surface area contributed by atoms with Crippen molar-refractivity contribution in [3.05, 3.63) is 30.2 Å². The van der Waals surface area contributed by atoms with E-state index in [0.29, 0.717) is 6.04 Å². The summed E-state index contributed by atoms with van der Waals surface area (Å²) in [6.45, 7) is 7.81. The zero-order valence-corrected chi connectivity index (χ0v) is 12.9. The molecule has 1 aromatic carbocycles. The third-order valence-corrected chi connectivity index (χ3v) is 3.53. The quantitative estimate of drug-likeness (QED) is 0.785. The largest absolute Gasteiger partial charge is 0.441 e. The number of nitrogens with one attached hydrogen (secondary N) is 1. The van der Waals surface area contributed by atoms with Crippen LogP contribution in [-0.4, -0.2) is 17.6 Å². The van der Waals surface area contributed by atoms with Crippen LogP contribution in [0.3, 0.4) is 0 Å². The van der Waals surface area contributed by atoms with Crippen LogP contribution in [0.15, 0.2) is 28.7 Å². The maximum Gasteiger partial charge on any atom is 0.197 e. The topological polar surface area (TPSA) is 38.1 Å². The second-order valence-electron chi connectivity index (χ2n) is 5.90. The minimum Gasteiger partial charge on any atom is -0.441 e. The van der Waals surface area contributed by atoms with Gasteiger partial charge in [-0.05, 0) is 43.9 Å². The lowest BCUT2D eigenvalue weighted by Gasteiger charge is -2.17. The number of benzene rings is 1. The first-order valence-corrected chi connectivity index (χ1v) is 7.77. The molecule has 2 aromatic rings. The molecule has 110 valence electrons. The van der Waals surface area contributed by atoms with Gasteiger partial charge < -0.3 is 9.73 Å². The molecular weight excluding hydrogens is 248 g/mol. The molecular formula is C17H26N2O. The summed E-state index contributed by atoms with van der Waals surface area (Å²) in [5, 5.41) is 3.62. The fraction of sp³-hybridized carbons (Fsp3) is 0.588. The van der Waals surface area contributed by atoms with Crippen LogP contribution in [0.2, 0.25) is 0 Å². The molecule has 0 spiro atoms. The average molecular weight is 274 g/mol. The van der Waals surface area contributed by atoms with E-state index in [0.717, 1.165) is 42.3 Å². The normalized spacial score (nSPS) is 13.2. The van der Waals surface area contributed by atoms with Gasteiger partial charge in [0.05, 0.1) is 0 Å². The van der Waals surface area contributed by atoms with Crippen LogP contribution in [0, 0.1) is 5.92 Å². The Morgan fingerprint density at radius 2 is 2.00 bits per heavy atom. The molecule has 0 saturated heterocycles. The second kappa shape index (κ2) is 7.44. The fourth-order valence-electron chi connectivity index (χ4n) is 2.38. The van der Waals surface area contributed by atoms with Gasteiger partial charge in [0.25, 0.3) is 0 Å². The molecule has 0 aliphatic carbocycles. The van der Waals surface area contributed by atoms with Crippen molar-refractivity contribution in [2.75, 3.05) is 6.54 Å². The fourth-order valence-corrected chi connectivity index (χ4v) is 2.38. The van der Waals surface area contributed by atoms with E-state index in [1.165, 1.54) is 12.8 Å². The van der Waals surface area contributed by atoms with Gasteiger partial charge in [-0.25, -0.2) is 4.98 Å². The van der Waals surface area contributed by atoms with Gasteiger partial charge in [-0.3, -0.25) is 0 Å². The van der Waals surface area contributed by atoms with Crippen LogP contribution in [0.1, 0.15) is 45.9 Å². The van der Waals surface area contributed by atoms with Crippen LogP contribution in [0.5, 0.6) is 0 Å². The van der Waals surface area contributed by atoms with E-state index in [4.69, 9.17) is 4.42 Å². The lowest BCUT2D eigenvalue weighted by Crippen LogP contribution is -2.32. The van der Waals surface area contributed by atoms with Crippen molar-refractivity contribution in [3.63, 3.8) is 0 Å². The molecule has 2 rings (SSSR count). The molecule has 0 aliphatic heterocycles. The lowest BCUT2D eigenvalue weighted by molar-refractivity contribution is 0.396. The summed E-state index contributed by atoms with van der Waals surface area (Å²) in [6.07, 6.45) is 4.45. The number of rotatable bonds is 8. The van der Waals surface area contributed by atoms with Crippen LogP contribution in [0.4, 0.5) is 0 Å². The van der Waals surface area contributed by atoms with Crippen molar-refractivity contribution in [2.24, 2.45) is 5.92 Å². The monoisotopic (exact) mass is 274 g/mol. The van der Waals surface area contributed by atoms with E-state index < -0.39 is 0 Å². The summed E-state index contributed by atoms with van der Waals surface area (Å²) in [7, 11) is 0. The highest BCUT2D eigenvalue weighted by Crippen LogP contribution is 2.17. The molecule has 0 bridgehead atoms. The Kier molecular flexibility index (Phi) is 5.60. The SMILES string of the molecule is CCCNC(CCC(C)C)Cc1nc2ccccc2o1. The van der Waals surface area contributed by atoms with Crippen LogP contribution in [0.25, 0.3) is 11.1 Å². The summed E-state index contributed by atoms with van der Waals surface area (Å²) in [5.41, 5.74) is 1.85. The second-order valence-corrected chi connectivity index (χ2v) is 5.90. The maximum atomic E-state index is 5.83. The van der Waals surface area contributed by atoms with Crippen molar-refractivity contribution in [2.45, 2.75) is 52.5 Å². The van der Waals surface area contributed by atoms with E-state index in [9.17, 15) is 0 Å². The molecule has 20 heavy (non-hydrogen) atoms. The Labute approximate surface area is 121 Å². The average Bonchev–Trinajstić information content (AvgIpc) is 2.83. The maximum absolute atomic E-state index is 5.83. The van der Waals surface area contributed by atoms with Crippen molar-refractivity contribution < 1.29 is 4.42 Å². The Balaban J connectivity index is 2.01. The molecule has 1 aromatic heterocycles. The zero-order chi connectivity index (χ0) is 14.4. The number of aromatic nitrogens is 1. The van der Waals surface area contributed by atoms with E-state index in [1.807, 2.05) is 24.3 Å². The molecule has 0 fully saturated rings. The van der Waals surface area contributed by atoms with Crippen LogP contribution in [-0.2, 0) is 6.42 Å². The molecule has 0 radical (unpaired) electrons. The van der Waals surface area contributed by atoms with Gasteiger partial charge in [0, 0.05) is 12.5 Å². The predicted octanol–water partition coefficient (Wildman–Crippen LogP) is 4.17. The van der Waals surface area contributed by atoms with Gasteiger partial charge >= 0.3 is 0 Å². The lowest BCUT2D eigenvalue weighted by atomic mass is 10.0. The summed E-state index contributed by atoms with van der Waals surface area (Å²) >= 11 is 0. The molecule has 0 aliphatic rings. The van der Waals surface area contributed by atoms with Gasteiger partial charge in [-0.2, -0.15) is 0 Å². The molecule has 3 heteroatoms. The van der Waals surface area contributed by atoms with Crippen molar-refractivity contribution in [3.8, 4) is 0 Å². The van der Waals surface area contributed by atoms with Gasteiger partial charge in [0.1, 0.15) is 5.52 Å². The number of fused-ring (bicyclic) bond motifs is 1. The van der Waals surface area contributed by atoms with Crippen LogP contribution < -0.4 is 5.32 Å². The molecule has 1 N–H and O–H groups in total. The highest BCUT2D eigenvalue weighted by Gasteiger charge is 2.14. The summed E-state index contributed by atoms with van der Waals surface area (Å²) < 4.78 is 5.83. The number of nitrogens with zero attached hydrogens (tertiary/aromatic N) is 1. The van der Waals surface area contributed by atoms with Crippen molar-refractivity contribution in [1.82, 2.24) is 10.3 Å². The Morgan fingerprint density at radius 1 is 1.20 bits per heavy atom.